The zero-order chi connectivity index (χ0) is 11.4. The third-order valence-corrected chi connectivity index (χ3v) is 3.16. The minimum absolute atomic E-state index is 0.522. The molecule has 16 heavy (non-hydrogen) atoms. The Labute approximate surface area is 96.3 Å². The van der Waals surface area contributed by atoms with E-state index in [1.54, 1.807) is 0 Å². The van der Waals surface area contributed by atoms with Crippen molar-refractivity contribution in [3.63, 3.8) is 0 Å². The smallest absolute Gasteiger partial charge is 0.139 e. The molecule has 4 heteroatoms. The van der Waals surface area contributed by atoms with E-state index >= 15 is 0 Å². The molecule has 0 aromatic carbocycles. The molecule has 2 rings (SSSR count). The van der Waals surface area contributed by atoms with Crippen LogP contribution >= 0.6 is 0 Å². The lowest BCUT2D eigenvalue weighted by atomic mass is 10.1. The molecule has 0 spiro atoms. The lowest BCUT2D eigenvalue weighted by Gasteiger charge is -2.23. The van der Waals surface area contributed by atoms with Crippen LogP contribution in [-0.4, -0.2) is 24.4 Å². The molecular weight excluding hydrogens is 204 g/mol. The lowest BCUT2D eigenvalue weighted by molar-refractivity contribution is 0.0901. The Morgan fingerprint density at radius 2 is 2.31 bits per heavy atom. The Morgan fingerprint density at radius 1 is 1.44 bits per heavy atom. The molecule has 0 amide bonds. The Hall–Kier alpha value is -0.870. The summed E-state index contributed by atoms with van der Waals surface area (Å²) in [4.78, 5) is 0. The molecule has 1 fully saturated rings. The molecule has 0 bridgehead atoms. The second-order valence-electron chi connectivity index (χ2n) is 4.46. The number of hydrogen-bond acceptors (Lipinski definition) is 4. The molecule has 4 nitrogen and oxygen atoms in total. The van der Waals surface area contributed by atoms with E-state index in [9.17, 15) is 0 Å². The number of nitrogens with zero attached hydrogens (tertiary/aromatic N) is 1. The van der Waals surface area contributed by atoms with Gasteiger partial charge in [0.25, 0.3) is 0 Å². The zero-order valence-electron chi connectivity index (χ0n) is 10.1. The quantitative estimate of drug-likeness (QED) is 0.849. The summed E-state index contributed by atoms with van der Waals surface area (Å²) < 4.78 is 10.8. The van der Waals surface area contributed by atoms with Gasteiger partial charge in [-0.2, -0.15) is 0 Å². The van der Waals surface area contributed by atoms with Crippen molar-refractivity contribution in [3.05, 3.63) is 17.0 Å². The highest BCUT2D eigenvalue weighted by molar-refractivity contribution is 5.19. The molecule has 1 aromatic rings. The summed E-state index contributed by atoms with van der Waals surface area (Å²) in [6.45, 7) is 6.40. The van der Waals surface area contributed by atoms with Crippen molar-refractivity contribution in [2.24, 2.45) is 0 Å². The summed E-state index contributed by atoms with van der Waals surface area (Å²) in [6, 6.07) is 0.522. The molecule has 0 saturated carbocycles. The van der Waals surface area contributed by atoms with Gasteiger partial charge in [0.2, 0.25) is 0 Å². The first kappa shape index (κ1) is 11.6. The maximum Gasteiger partial charge on any atom is 0.139 e. The van der Waals surface area contributed by atoms with Crippen LogP contribution in [0.15, 0.2) is 4.52 Å². The van der Waals surface area contributed by atoms with Gasteiger partial charge >= 0.3 is 0 Å². The van der Waals surface area contributed by atoms with Gasteiger partial charge in [0.05, 0.1) is 18.9 Å². The molecule has 90 valence electrons. The Bertz CT molecular complexity index is 310. The Morgan fingerprint density at radius 3 is 2.94 bits per heavy atom. The van der Waals surface area contributed by atoms with Gasteiger partial charge < -0.3 is 14.6 Å². The molecule has 2 heterocycles. The summed E-state index contributed by atoms with van der Waals surface area (Å²) in [5.74, 6) is 0.870. The second-order valence-corrected chi connectivity index (χ2v) is 4.46. The highest BCUT2D eigenvalue weighted by Crippen LogP contribution is 2.14. The highest BCUT2D eigenvalue weighted by Gasteiger charge is 2.14. The molecule has 1 unspecified atom stereocenters. The van der Waals surface area contributed by atoms with Gasteiger partial charge in [-0.1, -0.05) is 11.6 Å². The van der Waals surface area contributed by atoms with Crippen LogP contribution in [0, 0.1) is 13.8 Å². The molecule has 0 radical (unpaired) electrons. The zero-order valence-corrected chi connectivity index (χ0v) is 10.1. The van der Waals surface area contributed by atoms with E-state index in [0.29, 0.717) is 12.6 Å². The highest BCUT2D eigenvalue weighted by atomic mass is 16.5. The normalized spacial score (nSPS) is 21.2. The number of nitrogens with one attached hydrogen (secondary N) is 1. The molecular formula is C12H20N2O2. The lowest BCUT2D eigenvalue weighted by Crippen LogP contribution is -2.37. The van der Waals surface area contributed by atoms with Gasteiger partial charge in [-0.3, -0.25) is 0 Å². The van der Waals surface area contributed by atoms with Gasteiger partial charge in [0.15, 0.2) is 0 Å². The van der Waals surface area contributed by atoms with E-state index in [4.69, 9.17) is 9.26 Å². The first-order chi connectivity index (χ1) is 7.77. The van der Waals surface area contributed by atoms with Gasteiger partial charge in [-0.05, 0) is 33.2 Å². The van der Waals surface area contributed by atoms with E-state index in [2.05, 4.69) is 10.5 Å². The van der Waals surface area contributed by atoms with Crippen molar-refractivity contribution in [2.75, 3.05) is 13.2 Å². The first-order valence-electron chi connectivity index (χ1n) is 6.00. The topological polar surface area (TPSA) is 47.3 Å². The SMILES string of the molecule is Cc1noc(C)c1COCC1CCCCN1. The summed E-state index contributed by atoms with van der Waals surface area (Å²) in [7, 11) is 0. The minimum Gasteiger partial charge on any atom is -0.375 e. The van der Waals surface area contributed by atoms with Crippen LogP contribution in [0.5, 0.6) is 0 Å². The fraction of sp³-hybridized carbons (Fsp3) is 0.750. The molecule has 1 aliphatic rings. The number of piperidine rings is 1. The third-order valence-electron chi connectivity index (χ3n) is 3.16. The molecule has 1 N–H and O–H groups in total. The van der Waals surface area contributed by atoms with Crippen molar-refractivity contribution in [1.29, 1.82) is 0 Å². The molecule has 1 aliphatic heterocycles. The number of rotatable bonds is 4. The molecule has 1 aromatic heterocycles. The second kappa shape index (κ2) is 5.46. The summed E-state index contributed by atoms with van der Waals surface area (Å²) in [6.07, 6.45) is 3.83. The van der Waals surface area contributed by atoms with Crippen molar-refractivity contribution >= 4 is 0 Å². The van der Waals surface area contributed by atoms with Crippen LogP contribution in [-0.2, 0) is 11.3 Å². The van der Waals surface area contributed by atoms with E-state index < -0.39 is 0 Å². The molecule has 0 aliphatic carbocycles. The van der Waals surface area contributed by atoms with Gasteiger partial charge in [0, 0.05) is 11.6 Å². The fourth-order valence-corrected chi connectivity index (χ4v) is 2.08. The van der Waals surface area contributed by atoms with Crippen LogP contribution in [0.4, 0.5) is 0 Å². The van der Waals surface area contributed by atoms with Gasteiger partial charge in [-0.15, -0.1) is 0 Å². The number of aromatic nitrogens is 1. The first-order valence-corrected chi connectivity index (χ1v) is 6.00. The Balaban J connectivity index is 1.75. The van der Waals surface area contributed by atoms with Crippen LogP contribution in [0.25, 0.3) is 0 Å². The molecule has 1 saturated heterocycles. The van der Waals surface area contributed by atoms with E-state index in [0.717, 1.165) is 30.2 Å². The minimum atomic E-state index is 0.522. The van der Waals surface area contributed by atoms with E-state index in [-0.39, 0.29) is 0 Å². The molecule has 1 atom stereocenters. The standard InChI is InChI=1S/C12H20N2O2/c1-9-12(10(2)16-14-9)8-15-7-11-5-3-4-6-13-11/h11,13H,3-8H2,1-2H3. The van der Waals surface area contributed by atoms with Crippen LogP contribution in [0.2, 0.25) is 0 Å². The van der Waals surface area contributed by atoms with Crippen LogP contribution in [0.1, 0.15) is 36.3 Å². The van der Waals surface area contributed by atoms with Gasteiger partial charge in [-0.25, -0.2) is 0 Å². The average Bonchev–Trinajstić information content (AvgIpc) is 2.62. The summed E-state index contributed by atoms with van der Waals surface area (Å²) >= 11 is 0. The maximum absolute atomic E-state index is 5.72. The monoisotopic (exact) mass is 224 g/mol. The number of ether oxygens (including phenoxy) is 1. The van der Waals surface area contributed by atoms with Crippen molar-refractivity contribution in [1.82, 2.24) is 10.5 Å². The van der Waals surface area contributed by atoms with Gasteiger partial charge in [0.1, 0.15) is 5.76 Å². The third kappa shape index (κ3) is 2.83. The fourth-order valence-electron chi connectivity index (χ4n) is 2.08. The van der Waals surface area contributed by atoms with E-state index in [1.807, 2.05) is 13.8 Å². The predicted molar refractivity (Wildman–Crippen MR) is 61.3 cm³/mol. The Kier molecular flexibility index (Phi) is 3.96. The average molecular weight is 224 g/mol. The number of hydrogen-bond donors (Lipinski definition) is 1. The maximum atomic E-state index is 5.72. The largest absolute Gasteiger partial charge is 0.375 e. The van der Waals surface area contributed by atoms with Crippen molar-refractivity contribution < 1.29 is 9.26 Å². The van der Waals surface area contributed by atoms with Crippen molar-refractivity contribution in [2.45, 2.75) is 45.8 Å². The van der Waals surface area contributed by atoms with E-state index in [1.165, 1.54) is 19.3 Å². The van der Waals surface area contributed by atoms with Crippen LogP contribution in [0.3, 0.4) is 0 Å². The van der Waals surface area contributed by atoms with Crippen molar-refractivity contribution in [3.8, 4) is 0 Å². The number of aryl methyl sites for hydroxylation is 2. The van der Waals surface area contributed by atoms with Crippen LogP contribution < -0.4 is 5.32 Å². The summed E-state index contributed by atoms with van der Waals surface area (Å²) in [5.41, 5.74) is 2.03. The summed E-state index contributed by atoms with van der Waals surface area (Å²) in [5, 5.41) is 7.38. The predicted octanol–water partition coefficient (Wildman–Crippen LogP) is 1.95.